The summed E-state index contributed by atoms with van der Waals surface area (Å²) in [5.74, 6) is 0. The van der Waals surface area contributed by atoms with Gasteiger partial charge in [0.2, 0.25) is 0 Å². The molecule has 0 N–H and O–H groups in total. The van der Waals surface area contributed by atoms with Gasteiger partial charge in [0.15, 0.2) is 0 Å². The van der Waals surface area contributed by atoms with Crippen LogP contribution < -0.4 is 25.5 Å². The third-order valence-corrected chi connectivity index (χ3v) is 15.0. The van der Waals surface area contributed by atoms with Crippen LogP contribution in [0.1, 0.15) is 55.2 Å². The molecule has 3 heterocycles. The third-order valence-electron chi connectivity index (χ3n) is 12.2. The van der Waals surface area contributed by atoms with E-state index in [9.17, 15) is 0 Å². The molecule has 3 aliphatic rings. The summed E-state index contributed by atoms with van der Waals surface area (Å²) in [5, 5.41) is 4.99. The molecule has 56 heavy (non-hydrogen) atoms. The Morgan fingerprint density at radius 2 is 1.34 bits per heavy atom. The molecule has 0 fully saturated rings. The number of anilines is 6. The van der Waals surface area contributed by atoms with Crippen molar-refractivity contribution in [3.8, 4) is 0 Å². The van der Waals surface area contributed by atoms with Crippen molar-refractivity contribution >= 4 is 101 Å². The number of thiophene rings is 1. The predicted octanol–water partition coefficient (Wildman–Crippen LogP) is 12.8. The molecule has 8 aromatic rings. The van der Waals surface area contributed by atoms with Gasteiger partial charge in [-0.1, -0.05) is 124 Å². The van der Waals surface area contributed by atoms with E-state index >= 15 is 0 Å². The summed E-state index contributed by atoms with van der Waals surface area (Å²) in [5.41, 5.74) is 14.5. The number of rotatable bonds is 4. The maximum atomic E-state index is 2.60. The highest BCUT2D eigenvalue weighted by Crippen LogP contribution is 2.49. The average Bonchev–Trinajstić information content (AvgIpc) is 3.59. The van der Waals surface area contributed by atoms with E-state index in [0.717, 1.165) is 11.4 Å². The zero-order valence-corrected chi connectivity index (χ0v) is 34.0. The zero-order valence-electron chi connectivity index (χ0n) is 32.4. The number of hydrogen-bond acceptors (Lipinski definition) is 4. The van der Waals surface area contributed by atoms with E-state index in [4.69, 9.17) is 0 Å². The van der Waals surface area contributed by atoms with Gasteiger partial charge in [0.05, 0.1) is 11.4 Å². The summed E-state index contributed by atoms with van der Waals surface area (Å²) in [7, 11) is 0. The average molecular weight is 759 g/mol. The summed E-state index contributed by atoms with van der Waals surface area (Å²) in [6.07, 6.45) is 5.01. The Kier molecular flexibility index (Phi) is 7.85. The lowest BCUT2D eigenvalue weighted by molar-refractivity contribution is 0.590. The van der Waals surface area contributed by atoms with Crippen molar-refractivity contribution in [2.45, 2.75) is 68.6 Å². The lowest BCUT2D eigenvalue weighted by Gasteiger charge is -2.41. The van der Waals surface area contributed by atoms with E-state index in [2.05, 4.69) is 188 Å². The van der Waals surface area contributed by atoms with Crippen LogP contribution in [0.15, 0.2) is 149 Å². The Labute approximate surface area is 338 Å². The van der Waals surface area contributed by atoms with Crippen molar-refractivity contribution in [3.05, 3.63) is 161 Å². The van der Waals surface area contributed by atoms with Crippen LogP contribution in [0.3, 0.4) is 0 Å². The molecule has 11 rings (SSSR count). The normalized spacial score (nSPS) is 14.4. The maximum Gasteiger partial charge on any atom is 0.262 e. The molecular formula is C51H43BN2S2. The number of fused-ring (bicyclic) bond motifs is 8. The fourth-order valence-corrected chi connectivity index (χ4v) is 12.6. The van der Waals surface area contributed by atoms with E-state index in [1.807, 2.05) is 11.8 Å². The highest BCUT2D eigenvalue weighted by atomic mass is 32.2. The molecule has 2 aliphatic heterocycles. The molecule has 7 aromatic carbocycles. The first-order chi connectivity index (χ1) is 27.3. The summed E-state index contributed by atoms with van der Waals surface area (Å²) < 4.78 is 1.55. The van der Waals surface area contributed by atoms with Crippen molar-refractivity contribution in [1.82, 2.24) is 0 Å². The van der Waals surface area contributed by atoms with Gasteiger partial charge in [0, 0.05) is 48.2 Å². The first-order valence-electron chi connectivity index (χ1n) is 20.1. The SMILES string of the molecule is Cc1cc2c3c(c1)N(c1cccc4ccccc14)c1cc(N(c4ccc(C(C)(C)C)cc4)c4cccc5ccccc45)ccc1B3c1sc3c(c1S2)CCCC3. The van der Waals surface area contributed by atoms with E-state index in [0.29, 0.717) is 0 Å². The highest BCUT2D eigenvalue weighted by molar-refractivity contribution is 8.00. The van der Waals surface area contributed by atoms with Crippen molar-refractivity contribution in [1.29, 1.82) is 0 Å². The Morgan fingerprint density at radius 1 is 0.643 bits per heavy atom. The van der Waals surface area contributed by atoms with Crippen LogP contribution in [-0.2, 0) is 18.3 Å². The van der Waals surface area contributed by atoms with Gasteiger partial charge in [-0.2, -0.15) is 11.3 Å². The molecular weight excluding hydrogens is 716 g/mol. The number of aryl methyl sites for hydroxylation is 2. The second kappa shape index (κ2) is 12.9. The van der Waals surface area contributed by atoms with Crippen LogP contribution >= 0.6 is 23.1 Å². The molecule has 0 spiro atoms. The summed E-state index contributed by atoms with van der Waals surface area (Å²) >= 11 is 4.15. The van der Waals surface area contributed by atoms with Crippen molar-refractivity contribution in [2.24, 2.45) is 0 Å². The fourth-order valence-electron chi connectivity index (χ4n) is 9.55. The number of benzene rings is 7. The molecule has 0 radical (unpaired) electrons. The van der Waals surface area contributed by atoms with Gasteiger partial charge in [-0.15, -0.1) is 0 Å². The lowest BCUT2D eigenvalue weighted by atomic mass is 9.37. The van der Waals surface area contributed by atoms with Gasteiger partial charge >= 0.3 is 0 Å². The first kappa shape index (κ1) is 34.1. The maximum absolute atomic E-state index is 2.60. The molecule has 0 bridgehead atoms. The molecule has 0 saturated carbocycles. The van der Waals surface area contributed by atoms with Crippen molar-refractivity contribution in [2.75, 3.05) is 9.80 Å². The minimum atomic E-state index is 0.0656. The van der Waals surface area contributed by atoms with Crippen molar-refractivity contribution in [3.63, 3.8) is 0 Å². The monoisotopic (exact) mass is 758 g/mol. The molecule has 2 nitrogen and oxygen atoms in total. The Morgan fingerprint density at radius 3 is 2.14 bits per heavy atom. The predicted molar refractivity (Wildman–Crippen MR) is 244 cm³/mol. The molecule has 0 unspecified atom stereocenters. The quantitative estimate of drug-likeness (QED) is 0.165. The lowest BCUT2D eigenvalue weighted by Crippen LogP contribution is -2.59. The number of hydrogen-bond donors (Lipinski definition) is 0. The van der Waals surface area contributed by atoms with E-state index < -0.39 is 0 Å². The Bertz CT molecular complexity index is 2850. The summed E-state index contributed by atoms with van der Waals surface area (Å²) in [6, 6.07) is 52.7. The molecule has 1 aliphatic carbocycles. The molecule has 0 saturated heterocycles. The van der Waals surface area contributed by atoms with Gasteiger partial charge in [0.25, 0.3) is 6.71 Å². The highest BCUT2D eigenvalue weighted by Gasteiger charge is 2.44. The van der Waals surface area contributed by atoms with Gasteiger partial charge in [-0.05, 0) is 130 Å². The fraction of sp³-hybridized carbons (Fsp3) is 0.176. The third kappa shape index (κ3) is 5.31. The number of nitrogens with zero attached hydrogens (tertiary/aromatic N) is 2. The van der Waals surface area contributed by atoms with Gasteiger partial charge in [-0.25, -0.2) is 0 Å². The van der Waals surface area contributed by atoms with E-state index in [1.165, 1.54) is 96.9 Å². The minimum Gasteiger partial charge on any atom is -0.311 e. The Hall–Kier alpha value is -5.23. The summed E-state index contributed by atoms with van der Waals surface area (Å²) in [6.45, 7) is 9.35. The smallest absolute Gasteiger partial charge is 0.262 e. The van der Waals surface area contributed by atoms with Crippen molar-refractivity contribution < 1.29 is 0 Å². The molecule has 0 atom stereocenters. The molecule has 0 amide bonds. The standard InChI is InChI=1S/C51H43BN2S2/c1-32-29-45-48-47(30-32)55-49-40-19-9-10-22-46(40)56-50(49)52(48)41-28-27-37(31-44(41)54(45)43-21-12-16-34-14-6-8-18-39(34)43)53(36-25-23-35(24-26-36)51(2,3)4)42-20-11-15-33-13-5-7-17-38(33)42/h5-8,11-18,20-21,23-31H,9-10,19,22H2,1-4H3. The van der Waals surface area contributed by atoms with Gasteiger partial charge in [0.1, 0.15) is 0 Å². The first-order valence-corrected chi connectivity index (χ1v) is 21.7. The van der Waals surface area contributed by atoms with Crippen LogP contribution in [0, 0.1) is 6.92 Å². The van der Waals surface area contributed by atoms with Gasteiger partial charge in [-0.3, -0.25) is 0 Å². The van der Waals surface area contributed by atoms with Gasteiger partial charge < -0.3 is 9.80 Å². The Balaban J connectivity index is 1.20. The summed E-state index contributed by atoms with van der Waals surface area (Å²) in [4.78, 5) is 9.67. The van der Waals surface area contributed by atoms with Crippen LogP contribution in [0.4, 0.5) is 34.1 Å². The minimum absolute atomic E-state index is 0.0656. The second-order valence-corrected chi connectivity index (χ2v) is 19.0. The van der Waals surface area contributed by atoms with E-state index in [1.54, 1.807) is 20.1 Å². The molecule has 272 valence electrons. The van der Waals surface area contributed by atoms with Crippen LogP contribution in [0.5, 0.6) is 0 Å². The zero-order chi connectivity index (χ0) is 37.7. The topological polar surface area (TPSA) is 6.48 Å². The van der Waals surface area contributed by atoms with E-state index in [-0.39, 0.29) is 12.1 Å². The van der Waals surface area contributed by atoms with Crippen LogP contribution in [0.2, 0.25) is 0 Å². The largest absolute Gasteiger partial charge is 0.311 e. The van der Waals surface area contributed by atoms with Crippen LogP contribution in [-0.4, -0.2) is 6.71 Å². The van der Waals surface area contributed by atoms with Crippen LogP contribution in [0.25, 0.3) is 21.5 Å². The molecule has 1 aromatic heterocycles. The second-order valence-electron chi connectivity index (χ2n) is 16.8. The molecule has 5 heteroatoms.